The van der Waals surface area contributed by atoms with Crippen molar-refractivity contribution in [1.29, 1.82) is 0 Å². The van der Waals surface area contributed by atoms with Gasteiger partial charge in [0.2, 0.25) is 41.4 Å². The molecule has 2 aliphatic carbocycles. The molecule has 5 heterocycles. The number of nitrogens with one attached hydrogen (secondary N) is 8. The van der Waals surface area contributed by atoms with Crippen LogP contribution >= 0.6 is 0 Å². The predicted octanol–water partition coefficient (Wildman–Crippen LogP) is -0.996. The molecule has 5 aliphatic rings. The lowest BCUT2D eigenvalue weighted by molar-refractivity contribution is -0.227. The van der Waals surface area contributed by atoms with E-state index in [4.69, 9.17) is 28.7 Å². The molecule has 30 nitrogen and oxygen atoms in total. The van der Waals surface area contributed by atoms with Crippen LogP contribution in [-0.4, -0.2) is 191 Å². The standard InChI is InChI=1S/C69H76N10O20/c1-3-69(94)45-24-50-60-42(29-79(50)66(91)44(45)32-97-67(69)92)59-46(18-17-36-22-37(95-2)23-48(77-60)58(36)59)75-57(85)33-96-34-74-55(83)27-73-65(90)49(21-35-11-5-4-6-12-35)76-56(84)28-71-54(82)26-72-64(89)47(19-20-53(81)70-25-51-61(86)63(88)62(87)52(30-80)99-51)78-68(93)98-31-43-40-15-9-7-13-38(40)39-14-8-10-16-41(39)43/h4-16,22-24,43,46-47,49,51-52,61-63,80,86-88,94H,3,17-21,25-34H2,1-2H3,(H,70,81)(H,71,82)(H,72,89)(H,73,90)(H,74,83)(H,75,85)(H,76,84)(H,78,93)/t46-,47+,49+,51+,52-,61+,62-,63-,69+/m1/s1. The van der Waals surface area contributed by atoms with Gasteiger partial charge in [0.05, 0.1) is 68.4 Å². The topological polar surface area (TPSA) is 432 Å². The summed E-state index contributed by atoms with van der Waals surface area (Å²) in [5.74, 6) is -5.99. The SMILES string of the molecule is CC[C@@]1(O)C(=O)OCc2c1cc1n(c2=O)Cc2c-1nc1cc(OC)cc3c1c2[C@H](NC(=O)COCNC(=O)CNC(=O)[C@H](Cc1ccccc1)NC(=O)CNC(=O)CNC(=O)[C@H](CCC(=O)NC[C@@H]1O[C@H](CO)[C@@H](O)[C@H](O)[C@H]1O)NC(=O)OCC1c2ccccc2-c2ccccc21)CC3. The quantitative estimate of drug-likeness (QED) is 0.0167. The Morgan fingerprint density at radius 1 is 0.737 bits per heavy atom. The highest BCUT2D eigenvalue weighted by molar-refractivity contribution is 5.96. The van der Waals surface area contributed by atoms with E-state index in [1.165, 1.54) is 11.7 Å². The molecule has 3 aliphatic heterocycles. The maximum atomic E-state index is 14.1. The third-order valence-electron chi connectivity index (χ3n) is 18.4. The van der Waals surface area contributed by atoms with Crippen molar-refractivity contribution < 1.29 is 92.4 Å². The average molecular weight is 1370 g/mol. The zero-order valence-electron chi connectivity index (χ0n) is 54.0. The molecule has 8 amide bonds. The van der Waals surface area contributed by atoms with Crippen molar-refractivity contribution in [1.82, 2.24) is 52.1 Å². The smallest absolute Gasteiger partial charge is 0.407 e. The highest BCUT2D eigenvalue weighted by Crippen LogP contribution is 2.47. The Morgan fingerprint density at radius 2 is 1.40 bits per heavy atom. The highest BCUT2D eigenvalue weighted by Gasteiger charge is 2.47. The first-order valence-corrected chi connectivity index (χ1v) is 32.4. The zero-order valence-corrected chi connectivity index (χ0v) is 54.0. The molecule has 99 heavy (non-hydrogen) atoms. The highest BCUT2D eigenvalue weighted by atomic mass is 16.6. The molecule has 1 saturated heterocycles. The Labute approximate surface area is 565 Å². The fourth-order valence-corrected chi connectivity index (χ4v) is 13.3. The maximum Gasteiger partial charge on any atom is 0.407 e. The number of pyridine rings is 2. The van der Waals surface area contributed by atoms with Gasteiger partial charge in [0, 0.05) is 47.9 Å². The van der Waals surface area contributed by atoms with E-state index in [-0.39, 0.29) is 62.6 Å². The van der Waals surface area contributed by atoms with Crippen molar-refractivity contribution in [3.63, 3.8) is 0 Å². The number of amides is 8. The van der Waals surface area contributed by atoms with Crippen LogP contribution < -0.4 is 52.8 Å². The second-order valence-corrected chi connectivity index (χ2v) is 24.6. The number of alkyl carbamates (subject to hydrolysis) is 1. The molecule has 0 bridgehead atoms. The summed E-state index contributed by atoms with van der Waals surface area (Å²) in [6, 6.07) is 25.8. The largest absolute Gasteiger partial charge is 0.497 e. The number of aliphatic hydroxyl groups excluding tert-OH is 4. The summed E-state index contributed by atoms with van der Waals surface area (Å²) >= 11 is 0. The number of nitrogens with zero attached hydrogens (tertiary/aromatic N) is 2. The number of methoxy groups -OCH3 is 1. The van der Waals surface area contributed by atoms with E-state index in [1.54, 1.807) is 49.4 Å². The number of cyclic esters (lactones) is 1. The van der Waals surface area contributed by atoms with Gasteiger partial charge in [-0.15, -0.1) is 0 Å². The first-order valence-electron chi connectivity index (χ1n) is 32.4. The van der Waals surface area contributed by atoms with Crippen molar-refractivity contribution in [2.45, 2.75) is 119 Å². The predicted molar refractivity (Wildman–Crippen MR) is 348 cm³/mol. The van der Waals surface area contributed by atoms with Gasteiger partial charge in [-0.2, -0.15) is 0 Å². The lowest BCUT2D eigenvalue weighted by Gasteiger charge is -2.40. The van der Waals surface area contributed by atoms with Crippen molar-refractivity contribution in [3.05, 3.63) is 152 Å². The van der Waals surface area contributed by atoms with E-state index in [1.807, 2.05) is 54.6 Å². The zero-order chi connectivity index (χ0) is 70.2. The van der Waals surface area contributed by atoms with Crippen LogP contribution in [0.2, 0.25) is 0 Å². The second kappa shape index (κ2) is 30.7. The minimum absolute atomic E-state index is 0.0370. The summed E-state index contributed by atoms with van der Waals surface area (Å²) < 4.78 is 29.0. The molecule has 0 spiro atoms. The summed E-state index contributed by atoms with van der Waals surface area (Å²) in [5, 5.41) is 72.9. The second-order valence-electron chi connectivity index (χ2n) is 24.6. The van der Waals surface area contributed by atoms with E-state index in [9.17, 15) is 73.5 Å². The molecule has 0 saturated carbocycles. The van der Waals surface area contributed by atoms with Gasteiger partial charge in [0.25, 0.3) is 5.56 Å². The Hall–Kier alpha value is -10.2. The Morgan fingerprint density at radius 3 is 2.10 bits per heavy atom. The van der Waals surface area contributed by atoms with Crippen LogP contribution in [0.5, 0.6) is 5.75 Å². The number of hydrogen-bond acceptors (Lipinski definition) is 21. The number of fused-ring (bicyclic) bond motifs is 8. The summed E-state index contributed by atoms with van der Waals surface area (Å²) in [6.07, 6.45) is -8.29. The van der Waals surface area contributed by atoms with E-state index in [0.29, 0.717) is 46.6 Å². The molecule has 522 valence electrons. The van der Waals surface area contributed by atoms with Gasteiger partial charge < -0.3 is 96.3 Å². The number of esters is 1. The van der Waals surface area contributed by atoms with Crippen molar-refractivity contribution in [2.24, 2.45) is 0 Å². The van der Waals surface area contributed by atoms with Gasteiger partial charge in [-0.25, -0.2) is 14.6 Å². The number of aryl methyl sites for hydroxylation is 1. The number of aliphatic hydroxyl groups is 5. The fraction of sp³-hybridized carbons (Fsp3) is 0.406. The number of carbonyl (C=O) groups excluding carboxylic acids is 9. The van der Waals surface area contributed by atoms with Gasteiger partial charge in [0.1, 0.15) is 74.9 Å². The number of ether oxygens (including phenoxy) is 5. The monoisotopic (exact) mass is 1360 g/mol. The minimum atomic E-state index is -2.04. The van der Waals surface area contributed by atoms with E-state index < -0.39 is 159 Å². The first-order chi connectivity index (χ1) is 47.7. The van der Waals surface area contributed by atoms with Gasteiger partial charge >= 0.3 is 12.1 Å². The molecule has 11 rings (SSSR count). The fourth-order valence-electron chi connectivity index (χ4n) is 13.3. The molecular formula is C69H76N10O20. The first kappa shape index (κ1) is 70.1. The van der Waals surface area contributed by atoms with Crippen molar-refractivity contribution in [3.8, 4) is 28.3 Å². The van der Waals surface area contributed by atoms with E-state index in [0.717, 1.165) is 38.8 Å². The summed E-state index contributed by atoms with van der Waals surface area (Å²) in [4.78, 5) is 139. The van der Waals surface area contributed by atoms with Gasteiger partial charge in [-0.3, -0.25) is 38.4 Å². The maximum absolute atomic E-state index is 14.1. The minimum Gasteiger partial charge on any atom is -0.497 e. The number of benzene rings is 4. The van der Waals surface area contributed by atoms with Crippen molar-refractivity contribution in [2.75, 3.05) is 59.8 Å². The molecule has 9 atom stereocenters. The molecular weight excluding hydrogens is 1290 g/mol. The summed E-state index contributed by atoms with van der Waals surface area (Å²) in [6.45, 7) is -2.72. The Bertz CT molecular complexity index is 4140. The molecule has 4 aromatic carbocycles. The van der Waals surface area contributed by atoms with Crippen LogP contribution in [0.25, 0.3) is 33.4 Å². The molecule has 1 fully saturated rings. The average Bonchev–Trinajstić information content (AvgIpc) is 1.62. The Balaban J connectivity index is 0.656. The van der Waals surface area contributed by atoms with Crippen LogP contribution in [0.3, 0.4) is 0 Å². The van der Waals surface area contributed by atoms with E-state index in [2.05, 4.69) is 42.5 Å². The number of hydrogen-bond donors (Lipinski definition) is 13. The lowest BCUT2D eigenvalue weighted by Crippen LogP contribution is -2.60. The molecule has 2 aromatic heterocycles. The normalized spacial score (nSPS) is 20.6. The summed E-state index contributed by atoms with van der Waals surface area (Å²) in [7, 11) is 1.53. The van der Waals surface area contributed by atoms with Gasteiger partial charge in [-0.1, -0.05) is 85.8 Å². The van der Waals surface area contributed by atoms with Crippen LogP contribution in [0.15, 0.2) is 102 Å². The van der Waals surface area contributed by atoms with Gasteiger partial charge in [-0.05, 0) is 76.8 Å². The number of carbonyl (C=O) groups is 9. The molecule has 0 radical (unpaired) electrons. The van der Waals surface area contributed by atoms with Crippen molar-refractivity contribution >= 4 is 64.3 Å². The van der Waals surface area contributed by atoms with Crippen LogP contribution in [0.4, 0.5) is 4.79 Å². The number of rotatable bonds is 27. The Kier molecular flexibility index (Phi) is 21.7. The molecule has 30 heteroatoms. The third-order valence-corrected chi connectivity index (χ3v) is 18.4. The van der Waals surface area contributed by atoms with Crippen LogP contribution in [-0.2, 0) is 88.9 Å². The van der Waals surface area contributed by atoms with Crippen LogP contribution in [0.1, 0.15) is 89.1 Å². The van der Waals surface area contributed by atoms with Crippen LogP contribution in [0, 0.1) is 0 Å². The third kappa shape index (κ3) is 15.3. The molecule has 6 aromatic rings. The molecule has 13 N–H and O–H groups in total. The number of aromatic nitrogens is 2. The van der Waals surface area contributed by atoms with Gasteiger partial charge in [0.15, 0.2) is 5.60 Å². The summed E-state index contributed by atoms with van der Waals surface area (Å²) in [5.41, 5.74) is 5.95. The van der Waals surface area contributed by atoms with E-state index >= 15 is 0 Å². The lowest BCUT2D eigenvalue weighted by atomic mass is 9.83. The molecule has 0 unspecified atom stereocenters.